The second kappa shape index (κ2) is 7.59. The standard InChI is InChI=1S/C16H21ClF3N3O/c1-3-22(4-2)15(24)11-5-7-23(8-6-11)14-13(17)9-12(10-21-14)16(18,19)20/h9-11H,3-8H2,1-2H3. The third-order valence-corrected chi connectivity index (χ3v) is 4.65. The maximum atomic E-state index is 12.7. The van der Waals surface area contributed by atoms with Crippen LogP contribution >= 0.6 is 11.6 Å². The molecule has 0 unspecified atom stereocenters. The zero-order valence-corrected chi connectivity index (χ0v) is 14.5. The molecule has 24 heavy (non-hydrogen) atoms. The number of hydrogen-bond acceptors (Lipinski definition) is 3. The van der Waals surface area contributed by atoms with E-state index in [1.54, 1.807) is 0 Å². The maximum absolute atomic E-state index is 12.7. The fraction of sp³-hybridized carbons (Fsp3) is 0.625. The van der Waals surface area contributed by atoms with Gasteiger partial charge in [-0.3, -0.25) is 4.79 Å². The molecule has 0 bridgehead atoms. The van der Waals surface area contributed by atoms with Crippen LogP contribution in [0.5, 0.6) is 0 Å². The molecule has 0 aliphatic carbocycles. The van der Waals surface area contributed by atoms with Gasteiger partial charge in [0.25, 0.3) is 0 Å². The van der Waals surface area contributed by atoms with E-state index in [1.807, 2.05) is 23.6 Å². The minimum Gasteiger partial charge on any atom is -0.355 e. The molecular weight excluding hydrogens is 343 g/mol. The summed E-state index contributed by atoms with van der Waals surface area (Å²) >= 11 is 5.98. The van der Waals surface area contributed by atoms with Gasteiger partial charge in [0, 0.05) is 38.3 Å². The molecule has 4 nitrogen and oxygen atoms in total. The molecule has 0 atom stereocenters. The molecule has 0 aromatic carbocycles. The SMILES string of the molecule is CCN(CC)C(=O)C1CCN(c2ncc(C(F)(F)F)cc2Cl)CC1. The quantitative estimate of drug-likeness (QED) is 0.815. The molecule has 1 aromatic rings. The molecule has 0 N–H and O–H groups in total. The van der Waals surface area contributed by atoms with Gasteiger partial charge >= 0.3 is 6.18 Å². The van der Waals surface area contributed by atoms with Crippen molar-refractivity contribution >= 4 is 23.3 Å². The summed E-state index contributed by atoms with van der Waals surface area (Å²) in [4.78, 5) is 19.9. The van der Waals surface area contributed by atoms with Gasteiger partial charge in [0.15, 0.2) is 0 Å². The predicted octanol–water partition coefficient (Wildman–Crippen LogP) is 3.84. The molecule has 1 fully saturated rings. The van der Waals surface area contributed by atoms with E-state index in [0.29, 0.717) is 44.8 Å². The summed E-state index contributed by atoms with van der Waals surface area (Å²) in [7, 11) is 0. The highest BCUT2D eigenvalue weighted by Gasteiger charge is 2.33. The van der Waals surface area contributed by atoms with Gasteiger partial charge in [0.05, 0.1) is 10.6 Å². The van der Waals surface area contributed by atoms with Crippen LogP contribution in [-0.4, -0.2) is 42.0 Å². The van der Waals surface area contributed by atoms with Crippen LogP contribution in [0.1, 0.15) is 32.3 Å². The van der Waals surface area contributed by atoms with Crippen molar-refractivity contribution in [3.63, 3.8) is 0 Å². The third-order valence-electron chi connectivity index (χ3n) is 4.37. The molecule has 0 spiro atoms. The van der Waals surface area contributed by atoms with Gasteiger partial charge in [-0.05, 0) is 32.8 Å². The van der Waals surface area contributed by atoms with Crippen molar-refractivity contribution in [3.05, 3.63) is 22.8 Å². The summed E-state index contributed by atoms with van der Waals surface area (Å²) in [5.41, 5.74) is -0.858. The van der Waals surface area contributed by atoms with E-state index in [-0.39, 0.29) is 16.8 Å². The fourth-order valence-corrected chi connectivity index (χ4v) is 3.24. The topological polar surface area (TPSA) is 36.4 Å². The summed E-state index contributed by atoms with van der Waals surface area (Å²) in [6.07, 6.45) is -2.37. The molecular formula is C16H21ClF3N3O. The number of carbonyl (C=O) groups excluding carboxylic acids is 1. The van der Waals surface area contributed by atoms with E-state index in [9.17, 15) is 18.0 Å². The average molecular weight is 364 g/mol. The monoisotopic (exact) mass is 363 g/mol. The Morgan fingerprint density at radius 3 is 2.38 bits per heavy atom. The maximum Gasteiger partial charge on any atom is 0.417 e. The van der Waals surface area contributed by atoms with Gasteiger partial charge in [0.2, 0.25) is 5.91 Å². The molecule has 1 aromatic heterocycles. The van der Waals surface area contributed by atoms with Crippen molar-refractivity contribution in [2.45, 2.75) is 32.9 Å². The van der Waals surface area contributed by atoms with Gasteiger partial charge in [-0.2, -0.15) is 13.2 Å². The number of hydrogen-bond donors (Lipinski definition) is 0. The normalized spacial score (nSPS) is 16.3. The number of alkyl halides is 3. The van der Waals surface area contributed by atoms with Crippen LogP contribution in [-0.2, 0) is 11.0 Å². The molecule has 1 amide bonds. The summed E-state index contributed by atoms with van der Waals surface area (Å²) in [5, 5.41) is -0.0154. The highest BCUT2D eigenvalue weighted by molar-refractivity contribution is 6.33. The average Bonchev–Trinajstić information content (AvgIpc) is 2.55. The second-order valence-corrected chi connectivity index (χ2v) is 6.21. The molecule has 1 aliphatic heterocycles. The van der Waals surface area contributed by atoms with Crippen LogP contribution in [0, 0.1) is 5.92 Å². The van der Waals surface area contributed by atoms with E-state index >= 15 is 0 Å². The minimum absolute atomic E-state index is 0.0154. The second-order valence-electron chi connectivity index (χ2n) is 5.80. The van der Waals surface area contributed by atoms with Gasteiger partial charge in [-0.1, -0.05) is 11.6 Å². The summed E-state index contributed by atoms with van der Waals surface area (Å²) < 4.78 is 38.0. The van der Waals surface area contributed by atoms with E-state index < -0.39 is 11.7 Å². The first-order chi connectivity index (χ1) is 11.3. The number of piperidine rings is 1. The van der Waals surface area contributed by atoms with Crippen molar-refractivity contribution in [2.75, 3.05) is 31.1 Å². The Kier molecular flexibility index (Phi) is 5.96. The Balaban J connectivity index is 2.03. The van der Waals surface area contributed by atoms with E-state index in [0.717, 1.165) is 12.3 Å². The first kappa shape index (κ1) is 18.8. The number of nitrogens with zero attached hydrogens (tertiary/aromatic N) is 3. The predicted molar refractivity (Wildman–Crippen MR) is 87.1 cm³/mol. The molecule has 1 saturated heterocycles. The lowest BCUT2D eigenvalue weighted by Crippen LogP contribution is -2.42. The number of carbonyl (C=O) groups is 1. The Morgan fingerprint density at radius 2 is 1.92 bits per heavy atom. The van der Waals surface area contributed by atoms with Gasteiger partial charge in [0.1, 0.15) is 5.82 Å². The van der Waals surface area contributed by atoms with Crippen LogP contribution in [0.4, 0.5) is 19.0 Å². The Hall–Kier alpha value is -1.50. The first-order valence-electron chi connectivity index (χ1n) is 8.04. The van der Waals surface area contributed by atoms with E-state index in [2.05, 4.69) is 4.98 Å². The summed E-state index contributed by atoms with van der Waals surface area (Å²) in [6, 6.07) is 0.900. The number of halogens is 4. The van der Waals surface area contributed by atoms with E-state index in [1.165, 1.54) is 0 Å². The Labute approximate surface area is 144 Å². The minimum atomic E-state index is -4.46. The van der Waals surface area contributed by atoms with Crippen LogP contribution in [0.25, 0.3) is 0 Å². The molecule has 134 valence electrons. The first-order valence-corrected chi connectivity index (χ1v) is 8.42. The number of anilines is 1. The summed E-state index contributed by atoms with van der Waals surface area (Å²) in [5.74, 6) is 0.443. The lowest BCUT2D eigenvalue weighted by molar-refractivity contribution is -0.138. The molecule has 1 aliphatic rings. The smallest absolute Gasteiger partial charge is 0.355 e. The fourth-order valence-electron chi connectivity index (χ4n) is 2.95. The van der Waals surface area contributed by atoms with Gasteiger partial charge in [-0.25, -0.2) is 4.98 Å². The van der Waals surface area contributed by atoms with Crippen LogP contribution in [0.2, 0.25) is 5.02 Å². The number of aromatic nitrogens is 1. The van der Waals surface area contributed by atoms with Gasteiger partial charge in [-0.15, -0.1) is 0 Å². The zero-order valence-electron chi connectivity index (χ0n) is 13.7. The van der Waals surface area contributed by atoms with Crippen molar-refractivity contribution in [3.8, 4) is 0 Å². The van der Waals surface area contributed by atoms with E-state index in [4.69, 9.17) is 11.6 Å². The van der Waals surface area contributed by atoms with Crippen molar-refractivity contribution in [1.29, 1.82) is 0 Å². The van der Waals surface area contributed by atoms with Crippen molar-refractivity contribution in [1.82, 2.24) is 9.88 Å². The molecule has 2 rings (SSSR count). The Bertz CT molecular complexity index is 582. The number of rotatable bonds is 4. The Morgan fingerprint density at radius 1 is 1.33 bits per heavy atom. The lowest BCUT2D eigenvalue weighted by Gasteiger charge is -2.34. The van der Waals surface area contributed by atoms with Gasteiger partial charge < -0.3 is 9.80 Å². The largest absolute Gasteiger partial charge is 0.417 e. The molecule has 2 heterocycles. The van der Waals surface area contributed by atoms with Crippen molar-refractivity contribution < 1.29 is 18.0 Å². The number of amides is 1. The highest BCUT2D eigenvalue weighted by atomic mass is 35.5. The highest BCUT2D eigenvalue weighted by Crippen LogP contribution is 2.34. The zero-order chi connectivity index (χ0) is 17.9. The van der Waals surface area contributed by atoms with Crippen LogP contribution in [0.15, 0.2) is 12.3 Å². The van der Waals surface area contributed by atoms with Crippen molar-refractivity contribution in [2.24, 2.45) is 5.92 Å². The number of pyridine rings is 1. The summed E-state index contributed by atoms with van der Waals surface area (Å²) in [6.45, 7) is 6.36. The van der Waals surface area contributed by atoms with Crippen LogP contribution < -0.4 is 4.90 Å². The third kappa shape index (κ3) is 4.12. The molecule has 8 heteroatoms. The molecule has 0 saturated carbocycles. The van der Waals surface area contributed by atoms with Crippen LogP contribution in [0.3, 0.4) is 0 Å². The lowest BCUT2D eigenvalue weighted by atomic mass is 9.95. The molecule has 0 radical (unpaired) electrons.